The second kappa shape index (κ2) is 5.65. The molecule has 0 unspecified atom stereocenters. The molecule has 0 spiro atoms. The number of imidazole rings is 1. The minimum absolute atomic E-state index is 0.456. The fourth-order valence-electron chi connectivity index (χ4n) is 3.48. The van der Waals surface area contributed by atoms with Gasteiger partial charge in [0.05, 0.1) is 16.7 Å². The molecule has 1 saturated heterocycles. The summed E-state index contributed by atoms with van der Waals surface area (Å²) in [5.74, 6) is 2.10. The molecule has 0 amide bonds. The largest absolute Gasteiger partial charge is 0.350 e. The number of aryl methyl sites for hydroxylation is 2. The number of nitrogens with zero attached hydrogens (tertiary/aromatic N) is 5. The Morgan fingerprint density at radius 3 is 2.65 bits per heavy atom. The van der Waals surface area contributed by atoms with Crippen LogP contribution in [0.3, 0.4) is 0 Å². The molecule has 23 heavy (non-hydrogen) atoms. The third-order valence-electron chi connectivity index (χ3n) is 4.70. The summed E-state index contributed by atoms with van der Waals surface area (Å²) in [4.78, 5) is 16.4. The molecule has 0 bridgehead atoms. The number of benzene rings is 1. The Kier molecular flexibility index (Phi) is 3.48. The zero-order valence-electron chi connectivity index (χ0n) is 13.6. The maximum atomic E-state index is 4.90. The van der Waals surface area contributed by atoms with E-state index in [4.69, 9.17) is 9.97 Å². The highest BCUT2D eigenvalue weighted by molar-refractivity contribution is 5.76. The lowest BCUT2D eigenvalue weighted by atomic mass is 10.2. The second-order valence-corrected chi connectivity index (χ2v) is 6.24. The first kappa shape index (κ1) is 14.2. The van der Waals surface area contributed by atoms with Crippen molar-refractivity contribution in [2.24, 2.45) is 0 Å². The molecule has 3 aromatic rings. The molecule has 2 aromatic heterocycles. The molecule has 0 saturated carbocycles. The molecule has 4 rings (SSSR count). The predicted molar refractivity (Wildman–Crippen MR) is 91.6 cm³/mol. The summed E-state index contributed by atoms with van der Waals surface area (Å²) < 4.78 is 2.23. The third kappa shape index (κ3) is 2.56. The van der Waals surface area contributed by atoms with Crippen LogP contribution in [0.1, 0.15) is 24.4 Å². The molecule has 1 aromatic carbocycles. The van der Waals surface area contributed by atoms with Gasteiger partial charge in [-0.2, -0.15) is 0 Å². The van der Waals surface area contributed by atoms with E-state index in [9.17, 15) is 0 Å². The van der Waals surface area contributed by atoms with Gasteiger partial charge < -0.3 is 9.47 Å². The first-order valence-electron chi connectivity index (χ1n) is 8.20. The van der Waals surface area contributed by atoms with Crippen LogP contribution in [0.15, 0.2) is 36.7 Å². The van der Waals surface area contributed by atoms with Crippen molar-refractivity contribution >= 4 is 16.9 Å². The van der Waals surface area contributed by atoms with Gasteiger partial charge in [0.2, 0.25) is 0 Å². The Labute approximate surface area is 136 Å². The van der Waals surface area contributed by atoms with Gasteiger partial charge in [-0.25, -0.2) is 15.0 Å². The lowest BCUT2D eigenvalue weighted by Crippen LogP contribution is -2.34. The van der Waals surface area contributed by atoms with Gasteiger partial charge in [0.15, 0.2) is 5.82 Å². The van der Waals surface area contributed by atoms with Crippen LogP contribution in [0.25, 0.3) is 11.0 Å². The van der Waals surface area contributed by atoms with Crippen molar-refractivity contribution in [2.45, 2.75) is 39.3 Å². The SMILES string of the molecule is Cc1nc2ccccc2nc1N1CCC[C@H]1Cn1ccnc1C. The zero-order valence-corrected chi connectivity index (χ0v) is 13.6. The highest BCUT2D eigenvalue weighted by Crippen LogP contribution is 2.28. The fourth-order valence-corrected chi connectivity index (χ4v) is 3.48. The summed E-state index contributed by atoms with van der Waals surface area (Å²) in [6.07, 6.45) is 6.32. The van der Waals surface area contributed by atoms with Crippen LogP contribution in [0.5, 0.6) is 0 Å². The Balaban J connectivity index is 1.68. The topological polar surface area (TPSA) is 46.8 Å². The van der Waals surface area contributed by atoms with E-state index in [1.54, 1.807) is 0 Å². The summed E-state index contributed by atoms with van der Waals surface area (Å²) in [6.45, 7) is 6.12. The van der Waals surface area contributed by atoms with Crippen LogP contribution in [0, 0.1) is 13.8 Å². The number of fused-ring (bicyclic) bond motifs is 1. The molecule has 1 aliphatic rings. The molecule has 0 N–H and O–H groups in total. The highest BCUT2D eigenvalue weighted by atomic mass is 15.3. The average Bonchev–Trinajstić information content (AvgIpc) is 3.17. The van der Waals surface area contributed by atoms with Crippen molar-refractivity contribution in [1.29, 1.82) is 0 Å². The third-order valence-corrected chi connectivity index (χ3v) is 4.70. The van der Waals surface area contributed by atoms with Gasteiger partial charge >= 0.3 is 0 Å². The summed E-state index contributed by atoms with van der Waals surface area (Å²) in [6, 6.07) is 8.55. The first-order chi connectivity index (χ1) is 11.2. The number of para-hydroxylation sites is 2. The minimum Gasteiger partial charge on any atom is -0.350 e. The Bertz CT molecular complexity index is 838. The molecule has 1 fully saturated rings. The van der Waals surface area contributed by atoms with Crippen LogP contribution in [0.4, 0.5) is 5.82 Å². The molecular weight excluding hydrogens is 286 g/mol. The van der Waals surface area contributed by atoms with Gasteiger partial charge in [0, 0.05) is 31.5 Å². The van der Waals surface area contributed by atoms with Crippen molar-refractivity contribution in [3.63, 3.8) is 0 Å². The lowest BCUT2D eigenvalue weighted by molar-refractivity contribution is 0.537. The van der Waals surface area contributed by atoms with Crippen molar-refractivity contribution < 1.29 is 0 Å². The van der Waals surface area contributed by atoms with Crippen molar-refractivity contribution in [3.05, 3.63) is 48.2 Å². The minimum atomic E-state index is 0.456. The summed E-state index contributed by atoms with van der Waals surface area (Å²) in [5, 5.41) is 0. The first-order valence-corrected chi connectivity index (χ1v) is 8.20. The maximum absolute atomic E-state index is 4.90. The number of aromatic nitrogens is 4. The van der Waals surface area contributed by atoms with Crippen LogP contribution in [-0.4, -0.2) is 32.1 Å². The normalized spacial score (nSPS) is 18.0. The van der Waals surface area contributed by atoms with Crippen LogP contribution < -0.4 is 4.90 Å². The molecule has 5 nitrogen and oxygen atoms in total. The Hall–Kier alpha value is -2.43. The van der Waals surface area contributed by atoms with Gasteiger partial charge in [0.1, 0.15) is 5.82 Å². The molecule has 1 aliphatic heterocycles. The van der Waals surface area contributed by atoms with Crippen molar-refractivity contribution in [3.8, 4) is 0 Å². The van der Waals surface area contributed by atoms with E-state index in [1.165, 1.54) is 12.8 Å². The van der Waals surface area contributed by atoms with Gasteiger partial charge in [-0.05, 0) is 38.8 Å². The zero-order chi connectivity index (χ0) is 15.8. The van der Waals surface area contributed by atoms with Crippen LogP contribution in [-0.2, 0) is 6.54 Å². The predicted octanol–water partition coefficient (Wildman–Crippen LogP) is 3.11. The van der Waals surface area contributed by atoms with Gasteiger partial charge in [-0.15, -0.1) is 0 Å². The van der Waals surface area contributed by atoms with Crippen LogP contribution >= 0.6 is 0 Å². The highest BCUT2D eigenvalue weighted by Gasteiger charge is 2.28. The van der Waals surface area contributed by atoms with Crippen LogP contribution in [0.2, 0.25) is 0 Å². The Morgan fingerprint density at radius 2 is 1.91 bits per heavy atom. The fraction of sp³-hybridized carbons (Fsp3) is 0.389. The standard InChI is InChI=1S/C18H21N5/c1-13-18(21-17-8-4-3-7-16(17)20-13)23-10-5-6-15(23)12-22-11-9-19-14(22)2/h3-4,7-9,11,15H,5-6,10,12H2,1-2H3/t15-/m0/s1. The molecular formula is C18H21N5. The Morgan fingerprint density at radius 1 is 1.13 bits per heavy atom. The smallest absolute Gasteiger partial charge is 0.151 e. The summed E-state index contributed by atoms with van der Waals surface area (Å²) in [7, 11) is 0. The molecule has 1 atom stereocenters. The number of anilines is 1. The molecule has 0 radical (unpaired) electrons. The maximum Gasteiger partial charge on any atom is 0.151 e. The second-order valence-electron chi connectivity index (χ2n) is 6.24. The monoisotopic (exact) mass is 307 g/mol. The van der Waals surface area contributed by atoms with E-state index in [2.05, 4.69) is 34.5 Å². The van der Waals surface area contributed by atoms with E-state index >= 15 is 0 Å². The van der Waals surface area contributed by atoms with Gasteiger partial charge in [-0.3, -0.25) is 0 Å². The molecule has 118 valence electrons. The van der Waals surface area contributed by atoms with Gasteiger partial charge in [-0.1, -0.05) is 12.1 Å². The van der Waals surface area contributed by atoms with Gasteiger partial charge in [0.25, 0.3) is 0 Å². The lowest BCUT2D eigenvalue weighted by Gasteiger charge is -2.27. The quantitative estimate of drug-likeness (QED) is 0.746. The summed E-state index contributed by atoms with van der Waals surface area (Å²) in [5.41, 5.74) is 2.95. The molecule has 0 aliphatic carbocycles. The van der Waals surface area contributed by atoms with Crippen molar-refractivity contribution in [2.75, 3.05) is 11.4 Å². The average molecular weight is 307 g/mol. The van der Waals surface area contributed by atoms with E-state index in [0.29, 0.717) is 6.04 Å². The van der Waals surface area contributed by atoms with E-state index in [1.807, 2.05) is 30.5 Å². The van der Waals surface area contributed by atoms with E-state index in [0.717, 1.165) is 41.5 Å². The summed E-state index contributed by atoms with van der Waals surface area (Å²) >= 11 is 0. The number of rotatable bonds is 3. The number of hydrogen-bond acceptors (Lipinski definition) is 4. The van der Waals surface area contributed by atoms with E-state index < -0.39 is 0 Å². The van der Waals surface area contributed by atoms with Crippen molar-refractivity contribution in [1.82, 2.24) is 19.5 Å². The number of hydrogen-bond donors (Lipinski definition) is 0. The molecule has 5 heteroatoms. The van der Waals surface area contributed by atoms with E-state index in [-0.39, 0.29) is 0 Å². The molecule has 3 heterocycles.